The van der Waals surface area contributed by atoms with Crippen molar-refractivity contribution in [1.82, 2.24) is 9.88 Å². The molecule has 2 N–H and O–H groups in total. The fourth-order valence-electron chi connectivity index (χ4n) is 2.59. The number of hydrogen-bond acceptors (Lipinski definition) is 3. The molecule has 1 fully saturated rings. The molecule has 1 aliphatic heterocycles. The molecule has 1 saturated heterocycles. The maximum absolute atomic E-state index is 12.4. The van der Waals surface area contributed by atoms with Crippen LogP contribution in [-0.4, -0.2) is 34.9 Å². The minimum absolute atomic E-state index is 0. The van der Waals surface area contributed by atoms with Gasteiger partial charge >= 0.3 is 0 Å². The van der Waals surface area contributed by atoms with E-state index in [4.69, 9.17) is 5.73 Å². The summed E-state index contributed by atoms with van der Waals surface area (Å²) in [6.45, 7) is 1.46. The number of pyridine rings is 1. The minimum atomic E-state index is 0. The zero-order valence-corrected chi connectivity index (χ0v) is 13.2. The zero-order valence-electron chi connectivity index (χ0n) is 11.6. The van der Waals surface area contributed by atoms with Gasteiger partial charge in [-0.05, 0) is 37.1 Å². The van der Waals surface area contributed by atoms with Gasteiger partial charge in [-0.15, -0.1) is 24.8 Å². The molecule has 21 heavy (non-hydrogen) atoms. The third kappa shape index (κ3) is 3.84. The van der Waals surface area contributed by atoms with E-state index in [1.54, 1.807) is 6.20 Å². The Bertz CT molecular complexity index is 621. The number of carbonyl (C=O) groups excluding carboxylic acids is 1. The fraction of sp³-hybridized carbons (Fsp3) is 0.333. The highest BCUT2D eigenvalue weighted by Gasteiger charge is 2.22. The molecule has 4 nitrogen and oxygen atoms in total. The molecule has 2 aromatic rings. The Labute approximate surface area is 136 Å². The molecule has 114 valence electrons. The lowest BCUT2D eigenvalue weighted by atomic mass is 10.0. The monoisotopic (exact) mass is 327 g/mol. The van der Waals surface area contributed by atoms with Crippen LogP contribution in [0.25, 0.3) is 10.9 Å². The highest BCUT2D eigenvalue weighted by molar-refractivity contribution is 5.98. The number of rotatable bonds is 1. The predicted octanol–water partition coefficient (Wildman–Crippen LogP) is 2.64. The number of nitrogens with two attached hydrogens (primary N) is 1. The molecule has 0 bridgehead atoms. The van der Waals surface area contributed by atoms with Crippen LogP contribution >= 0.6 is 24.8 Å². The van der Waals surface area contributed by atoms with E-state index in [0.29, 0.717) is 6.54 Å². The average molecular weight is 328 g/mol. The molecule has 1 amide bonds. The van der Waals surface area contributed by atoms with Crippen LogP contribution in [0, 0.1) is 0 Å². The van der Waals surface area contributed by atoms with Gasteiger partial charge in [0.1, 0.15) is 0 Å². The van der Waals surface area contributed by atoms with Gasteiger partial charge in [0.05, 0.1) is 5.52 Å². The van der Waals surface area contributed by atoms with Crippen molar-refractivity contribution in [2.24, 2.45) is 5.73 Å². The smallest absolute Gasteiger partial charge is 0.253 e. The van der Waals surface area contributed by atoms with Crippen molar-refractivity contribution in [3.63, 3.8) is 0 Å². The lowest BCUT2D eigenvalue weighted by molar-refractivity contribution is 0.0709. The molecule has 1 aromatic heterocycles. The quantitative estimate of drug-likeness (QED) is 0.875. The maximum Gasteiger partial charge on any atom is 0.253 e. The van der Waals surface area contributed by atoms with Crippen molar-refractivity contribution in [3.8, 4) is 0 Å². The largest absolute Gasteiger partial charge is 0.337 e. The molecule has 1 aromatic carbocycles. The number of aromatic nitrogens is 1. The van der Waals surface area contributed by atoms with Gasteiger partial charge in [-0.2, -0.15) is 0 Å². The van der Waals surface area contributed by atoms with E-state index in [0.717, 1.165) is 35.9 Å². The van der Waals surface area contributed by atoms with Crippen molar-refractivity contribution >= 4 is 41.6 Å². The van der Waals surface area contributed by atoms with Crippen LogP contribution in [0.3, 0.4) is 0 Å². The van der Waals surface area contributed by atoms with Crippen LogP contribution in [0.15, 0.2) is 36.5 Å². The van der Waals surface area contributed by atoms with Crippen molar-refractivity contribution in [2.75, 3.05) is 13.1 Å². The maximum atomic E-state index is 12.4. The first-order chi connectivity index (χ1) is 9.24. The molecule has 3 rings (SSSR count). The number of amides is 1. The standard InChI is InChI=1S/C15H17N3O.2ClH/c16-13-4-2-8-18(10-13)15(19)12-5-6-14-11(9-12)3-1-7-17-14;;/h1,3,5-7,9,13H,2,4,8,10,16H2;2*1H/t13-;;/m1../s1. The highest BCUT2D eigenvalue weighted by Crippen LogP contribution is 2.17. The topological polar surface area (TPSA) is 59.2 Å². The third-order valence-corrected chi connectivity index (χ3v) is 3.60. The Kier molecular flexibility index (Phi) is 6.40. The van der Waals surface area contributed by atoms with E-state index in [1.807, 2.05) is 35.2 Å². The van der Waals surface area contributed by atoms with Gasteiger partial charge in [0.15, 0.2) is 0 Å². The van der Waals surface area contributed by atoms with Crippen molar-refractivity contribution in [3.05, 3.63) is 42.1 Å². The first-order valence-corrected chi connectivity index (χ1v) is 6.64. The van der Waals surface area contributed by atoms with Crippen LogP contribution in [0.5, 0.6) is 0 Å². The normalized spacial score (nSPS) is 17.8. The van der Waals surface area contributed by atoms with Crippen molar-refractivity contribution in [1.29, 1.82) is 0 Å². The molecule has 0 spiro atoms. The Morgan fingerprint density at radius 1 is 1.29 bits per heavy atom. The minimum Gasteiger partial charge on any atom is -0.337 e. The van der Waals surface area contributed by atoms with E-state index in [9.17, 15) is 4.79 Å². The molecule has 6 heteroatoms. The van der Waals surface area contributed by atoms with Crippen LogP contribution in [-0.2, 0) is 0 Å². The first kappa shape index (κ1) is 17.7. The SMILES string of the molecule is Cl.Cl.N[C@@H]1CCCN(C(=O)c2ccc3ncccc3c2)C1. The molecule has 0 aliphatic carbocycles. The summed E-state index contributed by atoms with van der Waals surface area (Å²) in [6, 6.07) is 9.61. The van der Waals surface area contributed by atoms with Crippen LogP contribution in [0.2, 0.25) is 0 Å². The Morgan fingerprint density at radius 2 is 2.10 bits per heavy atom. The van der Waals surface area contributed by atoms with E-state index < -0.39 is 0 Å². The molecule has 0 saturated carbocycles. The summed E-state index contributed by atoms with van der Waals surface area (Å²) < 4.78 is 0. The third-order valence-electron chi connectivity index (χ3n) is 3.60. The Hall–Kier alpha value is -1.36. The molecule has 1 aliphatic rings. The number of benzene rings is 1. The number of carbonyl (C=O) groups is 1. The Balaban J connectivity index is 0.00000110. The van der Waals surface area contributed by atoms with E-state index in [1.165, 1.54) is 0 Å². The molecular formula is C15H19Cl2N3O. The van der Waals surface area contributed by atoms with E-state index >= 15 is 0 Å². The number of piperidine rings is 1. The molecule has 0 radical (unpaired) electrons. The summed E-state index contributed by atoms with van der Waals surface area (Å²) in [5, 5.41) is 0.995. The number of fused-ring (bicyclic) bond motifs is 1. The number of hydrogen-bond donors (Lipinski definition) is 1. The molecular weight excluding hydrogens is 309 g/mol. The van der Waals surface area contributed by atoms with Crippen LogP contribution < -0.4 is 5.73 Å². The number of likely N-dealkylation sites (tertiary alicyclic amines) is 1. The lowest BCUT2D eigenvalue weighted by Crippen LogP contribution is -2.45. The molecule has 2 heterocycles. The van der Waals surface area contributed by atoms with E-state index in [2.05, 4.69) is 4.98 Å². The fourth-order valence-corrected chi connectivity index (χ4v) is 2.59. The summed E-state index contributed by atoms with van der Waals surface area (Å²) in [4.78, 5) is 18.6. The second-order valence-corrected chi connectivity index (χ2v) is 5.06. The molecule has 0 unspecified atom stereocenters. The number of halogens is 2. The van der Waals surface area contributed by atoms with Crippen molar-refractivity contribution < 1.29 is 4.79 Å². The summed E-state index contributed by atoms with van der Waals surface area (Å²) in [5.41, 5.74) is 7.56. The second kappa shape index (κ2) is 7.59. The number of nitrogens with zero attached hydrogens (tertiary/aromatic N) is 2. The van der Waals surface area contributed by atoms with Crippen LogP contribution in [0.4, 0.5) is 0 Å². The van der Waals surface area contributed by atoms with Crippen LogP contribution in [0.1, 0.15) is 23.2 Å². The van der Waals surface area contributed by atoms with E-state index in [-0.39, 0.29) is 36.8 Å². The van der Waals surface area contributed by atoms with Crippen molar-refractivity contribution in [2.45, 2.75) is 18.9 Å². The lowest BCUT2D eigenvalue weighted by Gasteiger charge is -2.30. The Morgan fingerprint density at radius 3 is 2.86 bits per heavy atom. The van der Waals surface area contributed by atoms with Gasteiger partial charge in [0, 0.05) is 36.3 Å². The van der Waals surface area contributed by atoms with Gasteiger partial charge in [0.2, 0.25) is 0 Å². The summed E-state index contributed by atoms with van der Waals surface area (Å²) in [5.74, 6) is 0.0703. The van der Waals surface area contributed by atoms with Gasteiger partial charge < -0.3 is 10.6 Å². The summed E-state index contributed by atoms with van der Waals surface area (Å²) in [6.07, 6.45) is 3.75. The average Bonchev–Trinajstić information content (AvgIpc) is 2.46. The first-order valence-electron chi connectivity index (χ1n) is 6.64. The van der Waals surface area contributed by atoms with Gasteiger partial charge in [-0.25, -0.2) is 0 Å². The van der Waals surface area contributed by atoms with Gasteiger partial charge in [-0.3, -0.25) is 9.78 Å². The van der Waals surface area contributed by atoms with Gasteiger partial charge in [-0.1, -0.05) is 6.07 Å². The predicted molar refractivity (Wildman–Crippen MR) is 89.4 cm³/mol. The molecule has 1 atom stereocenters. The zero-order chi connectivity index (χ0) is 13.2. The summed E-state index contributed by atoms with van der Waals surface area (Å²) in [7, 11) is 0. The van der Waals surface area contributed by atoms with Gasteiger partial charge in [0.25, 0.3) is 5.91 Å². The highest BCUT2D eigenvalue weighted by atomic mass is 35.5. The summed E-state index contributed by atoms with van der Waals surface area (Å²) >= 11 is 0. The second-order valence-electron chi connectivity index (χ2n) is 5.06.